The van der Waals surface area contributed by atoms with Crippen molar-refractivity contribution >= 4 is 0 Å². The van der Waals surface area contributed by atoms with Crippen LogP contribution in [0.15, 0.2) is 18.2 Å². The Labute approximate surface area is 107 Å². The van der Waals surface area contributed by atoms with E-state index in [2.05, 4.69) is 0 Å². The van der Waals surface area contributed by atoms with E-state index in [0.29, 0.717) is 5.92 Å². The number of halogens is 2. The molecule has 2 heteroatoms. The van der Waals surface area contributed by atoms with Gasteiger partial charge in [0.25, 0.3) is 0 Å². The average Bonchev–Trinajstić information content (AvgIpc) is 2.37. The molecule has 0 bridgehead atoms. The second kappa shape index (κ2) is 4.99. The summed E-state index contributed by atoms with van der Waals surface area (Å²) in [7, 11) is 0. The molecule has 2 aliphatic carbocycles. The number of hydrogen-bond donors (Lipinski definition) is 0. The normalized spacial score (nSPS) is 32.0. The molecule has 2 saturated carbocycles. The highest BCUT2D eigenvalue weighted by atomic mass is 19.1. The highest BCUT2D eigenvalue weighted by molar-refractivity contribution is 5.22. The lowest BCUT2D eigenvalue weighted by atomic mass is 9.66. The van der Waals surface area contributed by atoms with Gasteiger partial charge in [-0.05, 0) is 54.7 Å². The Morgan fingerprint density at radius 2 is 1.44 bits per heavy atom. The van der Waals surface area contributed by atoms with Crippen molar-refractivity contribution in [2.24, 2.45) is 11.8 Å². The second-order valence-electron chi connectivity index (χ2n) is 6.02. The molecule has 0 amide bonds. The Bertz CT molecular complexity index is 407. The first-order valence-electron chi connectivity index (χ1n) is 7.18. The van der Waals surface area contributed by atoms with E-state index >= 15 is 0 Å². The zero-order valence-corrected chi connectivity index (χ0v) is 10.7. The van der Waals surface area contributed by atoms with Crippen molar-refractivity contribution < 1.29 is 8.78 Å². The van der Waals surface area contributed by atoms with Gasteiger partial charge in [0.1, 0.15) is 11.6 Å². The summed E-state index contributed by atoms with van der Waals surface area (Å²) in [5.74, 6) is 1.18. The van der Waals surface area contributed by atoms with Crippen LogP contribution in [-0.2, 0) is 0 Å². The summed E-state index contributed by atoms with van der Waals surface area (Å²) in [5.41, 5.74) is 0.872. The van der Waals surface area contributed by atoms with E-state index in [1.807, 2.05) is 0 Å². The summed E-state index contributed by atoms with van der Waals surface area (Å²) in [6.45, 7) is 0. The predicted octanol–water partition coefficient (Wildman–Crippen LogP) is 5.04. The van der Waals surface area contributed by atoms with Crippen LogP contribution in [0, 0.1) is 23.5 Å². The topological polar surface area (TPSA) is 0 Å². The molecule has 0 aromatic heterocycles. The van der Waals surface area contributed by atoms with Crippen LogP contribution in [-0.4, -0.2) is 0 Å². The molecule has 2 fully saturated rings. The van der Waals surface area contributed by atoms with E-state index in [1.54, 1.807) is 0 Å². The van der Waals surface area contributed by atoms with Gasteiger partial charge in [0.2, 0.25) is 0 Å². The van der Waals surface area contributed by atoms with Crippen LogP contribution in [0.25, 0.3) is 0 Å². The van der Waals surface area contributed by atoms with Gasteiger partial charge < -0.3 is 0 Å². The molecule has 0 saturated heterocycles. The number of hydrogen-bond acceptors (Lipinski definition) is 0. The fourth-order valence-electron chi connectivity index (χ4n) is 3.99. The molecular formula is C16H20F2. The van der Waals surface area contributed by atoms with E-state index in [-0.39, 0.29) is 0 Å². The van der Waals surface area contributed by atoms with Gasteiger partial charge in [-0.2, -0.15) is 0 Å². The summed E-state index contributed by atoms with van der Waals surface area (Å²) in [6.07, 6.45) is 8.88. The van der Waals surface area contributed by atoms with E-state index in [0.717, 1.165) is 36.3 Å². The molecule has 3 rings (SSSR count). The molecule has 0 nitrogen and oxygen atoms in total. The van der Waals surface area contributed by atoms with Gasteiger partial charge in [-0.15, -0.1) is 0 Å². The molecule has 1 aromatic rings. The third-order valence-corrected chi connectivity index (χ3v) is 4.90. The molecule has 0 N–H and O–H groups in total. The van der Waals surface area contributed by atoms with Crippen molar-refractivity contribution in [3.8, 4) is 0 Å². The Hall–Kier alpha value is -0.920. The lowest BCUT2D eigenvalue weighted by Gasteiger charge is -2.39. The number of fused-ring (bicyclic) bond motifs is 1. The van der Waals surface area contributed by atoms with Crippen LogP contribution in [0.4, 0.5) is 8.78 Å². The van der Waals surface area contributed by atoms with Crippen LogP contribution in [0.1, 0.15) is 56.4 Å². The summed E-state index contributed by atoms with van der Waals surface area (Å²) < 4.78 is 26.6. The highest BCUT2D eigenvalue weighted by Crippen LogP contribution is 2.46. The second-order valence-corrected chi connectivity index (χ2v) is 6.02. The van der Waals surface area contributed by atoms with Crippen molar-refractivity contribution in [2.45, 2.75) is 50.9 Å². The standard InChI is InChI=1S/C16H20F2/c17-15-8-14(9-16(18)10-15)13-6-5-11-3-1-2-4-12(11)7-13/h8-13H,1-7H2. The van der Waals surface area contributed by atoms with Gasteiger partial charge in [0.05, 0.1) is 0 Å². The van der Waals surface area contributed by atoms with Crippen LogP contribution in [0.2, 0.25) is 0 Å². The first-order valence-corrected chi connectivity index (χ1v) is 7.18. The Morgan fingerprint density at radius 1 is 0.778 bits per heavy atom. The molecule has 0 heterocycles. The SMILES string of the molecule is Fc1cc(F)cc(C2CCC3CCCCC3C2)c1. The molecule has 18 heavy (non-hydrogen) atoms. The zero-order chi connectivity index (χ0) is 12.5. The Kier molecular flexibility index (Phi) is 3.36. The van der Waals surface area contributed by atoms with Gasteiger partial charge in [-0.3, -0.25) is 0 Å². The van der Waals surface area contributed by atoms with Crippen LogP contribution >= 0.6 is 0 Å². The number of benzene rings is 1. The highest BCUT2D eigenvalue weighted by Gasteiger charge is 2.32. The summed E-state index contributed by atoms with van der Waals surface area (Å²) in [6, 6.07) is 4.02. The van der Waals surface area contributed by atoms with E-state index in [1.165, 1.54) is 44.2 Å². The molecule has 0 radical (unpaired) electrons. The monoisotopic (exact) mass is 250 g/mol. The summed E-state index contributed by atoms with van der Waals surface area (Å²) in [5, 5.41) is 0. The van der Waals surface area contributed by atoms with Crippen molar-refractivity contribution in [3.05, 3.63) is 35.4 Å². The number of rotatable bonds is 1. The minimum absolute atomic E-state index is 0.370. The van der Waals surface area contributed by atoms with Crippen molar-refractivity contribution in [2.75, 3.05) is 0 Å². The van der Waals surface area contributed by atoms with Gasteiger partial charge >= 0.3 is 0 Å². The molecule has 98 valence electrons. The quantitative estimate of drug-likeness (QED) is 0.655. The lowest BCUT2D eigenvalue weighted by Crippen LogP contribution is -2.26. The maximum absolute atomic E-state index is 13.3. The van der Waals surface area contributed by atoms with Crippen molar-refractivity contribution in [3.63, 3.8) is 0 Å². The molecule has 2 aliphatic rings. The Morgan fingerprint density at radius 3 is 2.17 bits per heavy atom. The smallest absolute Gasteiger partial charge is 0.126 e. The fraction of sp³-hybridized carbons (Fsp3) is 0.625. The minimum Gasteiger partial charge on any atom is -0.207 e. The molecule has 3 unspecified atom stereocenters. The van der Waals surface area contributed by atoms with E-state index in [4.69, 9.17) is 0 Å². The van der Waals surface area contributed by atoms with Crippen LogP contribution in [0.5, 0.6) is 0 Å². The average molecular weight is 250 g/mol. The zero-order valence-electron chi connectivity index (χ0n) is 10.7. The maximum atomic E-state index is 13.3. The van der Waals surface area contributed by atoms with Crippen LogP contribution in [0.3, 0.4) is 0 Å². The molecule has 0 spiro atoms. The van der Waals surface area contributed by atoms with E-state index in [9.17, 15) is 8.78 Å². The lowest BCUT2D eigenvalue weighted by molar-refractivity contribution is 0.155. The molecule has 3 atom stereocenters. The summed E-state index contributed by atoms with van der Waals surface area (Å²) in [4.78, 5) is 0. The van der Waals surface area contributed by atoms with E-state index < -0.39 is 11.6 Å². The van der Waals surface area contributed by atoms with Gasteiger partial charge in [0, 0.05) is 6.07 Å². The summed E-state index contributed by atoms with van der Waals surface area (Å²) >= 11 is 0. The third-order valence-electron chi connectivity index (χ3n) is 4.90. The van der Waals surface area contributed by atoms with Gasteiger partial charge in [-0.1, -0.05) is 25.7 Å². The largest absolute Gasteiger partial charge is 0.207 e. The first kappa shape index (κ1) is 12.1. The molecule has 0 aliphatic heterocycles. The third kappa shape index (κ3) is 2.43. The van der Waals surface area contributed by atoms with Crippen molar-refractivity contribution in [1.82, 2.24) is 0 Å². The van der Waals surface area contributed by atoms with Crippen LogP contribution < -0.4 is 0 Å². The minimum atomic E-state index is -0.434. The first-order chi connectivity index (χ1) is 8.72. The van der Waals surface area contributed by atoms with Gasteiger partial charge in [-0.25, -0.2) is 8.78 Å². The predicted molar refractivity (Wildman–Crippen MR) is 68.4 cm³/mol. The fourth-order valence-corrected chi connectivity index (χ4v) is 3.99. The molecular weight excluding hydrogens is 230 g/mol. The maximum Gasteiger partial charge on any atom is 0.126 e. The van der Waals surface area contributed by atoms with Crippen molar-refractivity contribution in [1.29, 1.82) is 0 Å². The molecule has 1 aromatic carbocycles. The van der Waals surface area contributed by atoms with Gasteiger partial charge in [0.15, 0.2) is 0 Å². The Balaban J connectivity index is 1.76.